The average molecular weight is 454 g/mol. The van der Waals surface area contributed by atoms with Gasteiger partial charge in [0.05, 0.1) is 24.3 Å². The van der Waals surface area contributed by atoms with Crippen LogP contribution in [0, 0.1) is 5.82 Å². The largest absolute Gasteiger partial charge is 0.508 e. The van der Waals surface area contributed by atoms with Crippen LogP contribution in [0.1, 0.15) is 17.2 Å². The van der Waals surface area contributed by atoms with Crippen LogP contribution < -0.4 is 9.64 Å². The number of phenolic OH excluding ortho intramolecular Hbond substituents is 1. The number of aliphatic hydroxyl groups excluding tert-OH is 1. The number of anilines is 1. The van der Waals surface area contributed by atoms with Crippen molar-refractivity contribution in [2.75, 3.05) is 12.0 Å². The Bertz CT molecular complexity index is 1260. The third kappa shape index (κ3) is 3.67. The van der Waals surface area contributed by atoms with Crippen LogP contribution in [0.3, 0.4) is 0 Å². The highest BCUT2D eigenvalue weighted by Gasteiger charge is 2.47. The minimum Gasteiger partial charge on any atom is -0.508 e. The number of ether oxygens (including phenoxy) is 1. The van der Waals surface area contributed by atoms with E-state index in [9.17, 15) is 24.2 Å². The number of hydrogen-bond acceptors (Lipinski definition) is 5. The van der Waals surface area contributed by atoms with E-state index in [1.54, 1.807) is 18.2 Å². The number of halogens is 2. The number of hydrogen-bond donors (Lipinski definition) is 2. The molecule has 1 unspecified atom stereocenters. The number of amides is 1. The van der Waals surface area contributed by atoms with Crippen LogP contribution in [-0.2, 0) is 9.59 Å². The quantitative estimate of drug-likeness (QED) is 0.336. The molecule has 4 rings (SSSR count). The molecule has 3 aromatic rings. The molecule has 0 aromatic heterocycles. The summed E-state index contributed by atoms with van der Waals surface area (Å²) in [5.41, 5.74) is 0.465. The highest BCUT2D eigenvalue weighted by Crippen LogP contribution is 2.43. The topological polar surface area (TPSA) is 87.1 Å². The second-order valence-electron chi connectivity index (χ2n) is 7.09. The molecule has 0 aliphatic carbocycles. The van der Waals surface area contributed by atoms with E-state index in [1.165, 1.54) is 48.4 Å². The predicted molar refractivity (Wildman–Crippen MR) is 117 cm³/mol. The highest BCUT2D eigenvalue weighted by atomic mass is 35.5. The Labute approximate surface area is 187 Å². The van der Waals surface area contributed by atoms with E-state index < -0.39 is 29.3 Å². The number of nitrogens with zero attached hydrogens (tertiary/aromatic N) is 1. The fourth-order valence-electron chi connectivity index (χ4n) is 3.71. The van der Waals surface area contributed by atoms with Gasteiger partial charge in [-0.2, -0.15) is 0 Å². The summed E-state index contributed by atoms with van der Waals surface area (Å²) in [6.07, 6.45) is 0. The monoisotopic (exact) mass is 453 g/mol. The number of phenols is 1. The first-order valence-electron chi connectivity index (χ1n) is 9.51. The number of aliphatic hydroxyl groups is 1. The molecule has 0 spiro atoms. The van der Waals surface area contributed by atoms with Gasteiger partial charge in [-0.3, -0.25) is 14.5 Å². The molecule has 1 aliphatic rings. The van der Waals surface area contributed by atoms with Crippen LogP contribution in [0.5, 0.6) is 11.5 Å². The molecule has 6 nitrogen and oxygen atoms in total. The van der Waals surface area contributed by atoms with Crippen molar-refractivity contribution in [2.45, 2.75) is 6.04 Å². The standard InChI is InChI=1S/C24H17ClFNO5/c1-32-19-10-7-15(26)12-18(19)22(29)20-21(13-5-8-17(28)9-6-13)27(24(31)23(20)30)16-4-2-3-14(25)11-16/h2-12,21,28-29H,1H3/b22-20+. The van der Waals surface area contributed by atoms with E-state index in [-0.39, 0.29) is 22.6 Å². The lowest BCUT2D eigenvalue weighted by molar-refractivity contribution is -0.132. The van der Waals surface area contributed by atoms with E-state index in [4.69, 9.17) is 16.3 Å². The molecule has 1 atom stereocenters. The summed E-state index contributed by atoms with van der Waals surface area (Å²) < 4.78 is 19.2. The van der Waals surface area contributed by atoms with Gasteiger partial charge in [0.2, 0.25) is 0 Å². The van der Waals surface area contributed by atoms with Crippen LogP contribution in [0.15, 0.2) is 72.3 Å². The molecule has 8 heteroatoms. The fourth-order valence-corrected chi connectivity index (χ4v) is 3.89. The SMILES string of the molecule is COc1ccc(F)cc1/C(O)=C1\C(=O)C(=O)N(c2cccc(Cl)c2)C1c1ccc(O)cc1. The maximum absolute atomic E-state index is 14.0. The zero-order chi connectivity index (χ0) is 23.0. The van der Waals surface area contributed by atoms with Gasteiger partial charge in [-0.05, 0) is 54.1 Å². The van der Waals surface area contributed by atoms with Crippen molar-refractivity contribution in [2.24, 2.45) is 0 Å². The smallest absolute Gasteiger partial charge is 0.300 e. The first kappa shape index (κ1) is 21.4. The molecule has 0 radical (unpaired) electrons. The molecule has 0 saturated carbocycles. The van der Waals surface area contributed by atoms with Gasteiger partial charge in [-0.25, -0.2) is 4.39 Å². The van der Waals surface area contributed by atoms with E-state index in [0.717, 1.165) is 12.1 Å². The predicted octanol–water partition coefficient (Wildman–Crippen LogP) is 4.82. The molecule has 1 saturated heterocycles. The van der Waals surface area contributed by atoms with E-state index >= 15 is 0 Å². The van der Waals surface area contributed by atoms with Crippen LogP contribution in [-0.4, -0.2) is 29.0 Å². The van der Waals surface area contributed by atoms with Gasteiger partial charge in [-0.15, -0.1) is 0 Å². The molecule has 0 bridgehead atoms. The maximum Gasteiger partial charge on any atom is 0.300 e. The molecule has 1 aliphatic heterocycles. The van der Waals surface area contributed by atoms with Gasteiger partial charge in [0, 0.05) is 10.7 Å². The van der Waals surface area contributed by atoms with Crippen molar-refractivity contribution in [3.63, 3.8) is 0 Å². The minimum absolute atomic E-state index is 0.0137. The number of ketones is 1. The number of benzene rings is 3. The zero-order valence-corrected chi connectivity index (χ0v) is 17.5. The lowest BCUT2D eigenvalue weighted by Gasteiger charge is -2.25. The Morgan fingerprint density at radius 3 is 2.44 bits per heavy atom. The number of aromatic hydroxyl groups is 1. The maximum atomic E-state index is 14.0. The molecule has 1 heterocycles. The van der Waals surface area contributed by atoms with E-state index in [2.05, 4.69) is 0 Å². The normalized spacial score (nSPS) is 17.6. The summed E-state index contributed by atoms with van der Waals surface area (Å²) in [5.74, 6) is -2.96. The van der Waals surface area contributed by atoms with E-state index in [0.29, 0.717) is 16.3 Å². The van der Waals surface area contributed by atoms with Crippen LogP contribution in [0.25, 0.3) is 5.76 Å². The van der Waals surface area contributed by atoms with Crippen molar-refractivity contribution >= 4 is 34.7 Å². The summed E-state index contributed by atoms with van der Waals surface area (Å²) in [7, 11) is 1.34. The zero-order valence-electron chi connectivity index (χ0n) is 16.8. The molecule has 1 fully saturated rings. The summed E-state index contributed by atoms with van der Waals surface area (Å²) in [5, 5.41) is 21.1. The van der Waals surface area contributed by atoms with Crippen molar-refractivity contribution in [3.05, 3.63) is 94.3 Å². The van der Waals surface area contributed by atoms with Crippen LogP contribution in [0.4, 0.5) is 10.1 Å². The van der Waals surface area contributed by atoms with Gasteiger partial charge in [-0.1, -0.05) is 29.8 Å². The molecule has 162 valence electrons. The van der Waals surface area contributed by atoms with Gasteiger partial charge in [0.15, 0.2) is 0 Å². The van der Waals surface area contributed by atoms with Gasteiger partial charge < -0.3 is 14.9 Å². The van der Waals surface area contributed by atoms with Gasteiger partial charge in [0.1, 0.15) is 23.1 Å². The number of Topliss-reactive ketones (excluding diaryl/α,β-unsaturated/α-hetero) is 1. The van der Waals surface area contributed by atoms with Crippen LogP contribution in [0.2, 0.25) is 5.02 Å². The third-order valence-corrected chi connectivity index (χ3v) is 5.39. The third-order valence-electron chi connectivity index (χ3n) is 5.16. The lowest BCUT2D eigenvalue weighted by Crippen LogP contribution is -2.29. The first-order chi connectivity index (χ1) is 15.3. The summed E-state index contributed by atoms with van der Waals surface area (Å²) in [6, 6.07) is 14.7. The number of carbonyl (C=O) groups excluding carboxylic acids is 2. The number of methoxy groups -OCH3 is 1. The molecular weight excluding hydrogens is 437 g/mol. The van der Waals surface area contributed by atoms with Crippen molar-refractivity contribution in [1.29, 1.82) is 0 Å². The van der Waals surface area contributed by atoms with E-state index in [1.807, 2.05) is 0 Å². The first-order valence-corrected chi connectivity index (χ1v) is 9.89. The lowest BCUT2D eigenvalue weighted by atomic mass is 9.94. The summed E-state index contributed by atoms with van der Waals surface area (Å²) >= 11 is 6.10. The molecule has 1 amide bonds. The Hall–Kier alpha value is -3.84. The van der Waals surface area contributed by atoms with Crippen molar-refractivity contribution in [1.82, 2.24) is 0 Å². The molecule has 3 aromatic carbocycles. The Balaban J connectivity index is 1.99. The van der Waals surface area contributed by atoms with Gasteiger partial charge >= 0.3 is 0 Å². The van der Waals surface area contributed by atoms with Crippen molar-refractivity contribution < 1.29 is 28.9 Å². The van der Waals surface area contributed by atoms with Crippen molar-refractivity contribution in [3.8, 4) is 11.5 Å². The average Bonchev–Trinajstić information content (AvgIpc) is 3.04. The number of rotatable bonds is 4. The minimum atomic E-state index is -1.05. The molecule has 2 N–H and O–H groups in total. The summed E-state index contributed by atoms with van der Waals surface area (Å²) in [4.78, 5) is 27.4. The highest BCUT2D eigenvalue weighted by molar-refractivity contribution is 6.51. The fraction of sp³-hybridized carbons (Fsp3) is 0.0833. The van der Waals surface area contributed by atoms with Gasteiger partial charge in [0.25, 0.3) is 11.7 Å². The van der Waals surface area contributed by atoms with Crippen LogP contribution >= 0.6 is 11.6 Å². The molecular formula is C24H17ClFNO5. The second-order valence-corrected chi connectivity index (χ2v) is 7.52. The number of carbonyl (C=O) groups is 2. The Kier molecular flexibility index (Phi) is 5.59. The Morgan fingerprint density at radius 2 is 1.78 bits per heavy atom. The summed E-state index contributed by atoms with van der Waals surface area (Å²) in [6.45, 7) is 0. The molecule has 32 heavy (non-hydrogen) atoms. The Morgan fingerprint density at radius 1 is 1.06 bits per heavy atom. The second kappa shape index (κ2) is 8.36.